The van der Waals surface area contributed by atoms with Gasteiger partial charge >= 0.3 is 0 Å². The Morgan fingerprint density at radius 1 is 1.13 bits per heavy atom. The molecule has 0 aromatic heterocycles. The highest BCUT2D eigenvalue weighted by Crippen LogP contribution is 2.11. The van der Waals surface area contributed by atoms with Crippen LogP contribution in [0.15, 0.2) is 29.2 Å². The minimum Gasteiger partial charge on any atom is -0.282 e. The van der Waals surface area contributed by atoms with Gasteiger partial charge in [-0.1, -0.05) is 12.1 Å². The van der Waals surface area contributed by atoms with E-state index in [4.69, 9.17) is 4.55 Å². The molecule has 0 aliphatic carbocycles. The van der Waals surface area contributed by atoms with Crippen molar-refractivity contribution in [2.45, 2.75) is 24.2 Å². The Kier molecular flexibility index (Phi) is 4.23. The number of hydrogen-bond acceptors (Lipinski definition) is 2. The fraction of sp³-hybridized carbons (Fsp3) is 0.400. The first-order valence-electron chi connectivity index (χ1n) is 4.66. The summed E-state index contributed by atoms with van der Waals surface area (Å²) in [4.78, 5) is -0.114. The van der Waals surface area contributed by atoms with Crippen molar-refractivity contribution in [3.8, 4) is 0 Å². The summed E-state index contributed by atoms with van der Waals surface area (Å²) in [7, 11) is -4.10. The molecule has 0 amide bonds. The second kappa shape index (κ2) is 5.23. The lowest BCUT2D eigenvalue weighted by Gasteiger charge is -2.01. The van der Waals surface area contributed by atoms with E-state index in [9.17, 15) is 12.8 Å². The molecular weight excluding hydrogens is 219 g/mol. The summed E-state index contributed by atoms with van der Waals surface area (Å²) in [6, 6.07) is 5.95. The number of hydrogen-bond donors (Lipinski definition) is 1. The van der Waals surface area contributed by atoms with Gasteiger partial charge in [-0.2, -0.15) is 8.42 Å². The summed E-state index contributed by atoms with van der Waals surface area (Å²) < 4.78 is 41.9. The molecule has 0 aliphatic heterocycles. The standard InChI is InChI=1S/C10H13FO3S/c11-8-2-1-3-9-4-6-10(7-5-9)15(12,13)14/h4-7H,1-3,8H2,(H,12,13,14). The summed E-state index contributed by atoms with van der Waals surface area (Å²) in [5.41, 5.74) is 0.941. The molecule has 3 nitrogen and oxygen atoms in total. The first-order valence-corrected chi connectivity index (χ1v) is 6.10. The smallest absolute Gasteiger partial charge is 0.282 e. The zero-order valence-corrected chi connectivity index (χ0v) is 9.00. The van der Waals surface area contributed by atoms with Crippen molar-refractivity contribution in [1.29, 1.82) is 0 Å². The van der Waals surface area contributed by atoms with E-state index in [1.54, 1.807) is 12.1 Å². The SMILES string of the molecule is O=S(=O)(O)c1ccc(CCCCF)cc1. The van der Waals surface area contributed by atoms with Gasteiger partial charge in [0.05, 0.1) is 11.6 Å². The van der Waals surface area contributed by atoms with Crippen molar-refractivity contribution in [2.24, 2.45) is 0 Å². The third-order valence-electron chi connectivity index (χ3n) is 2.07. The van der Waals surface area contributed by atoms with Crippen molar-refractivity contribution in [2.75, 3.05) is 6.67 Å². The second-order valence-electron chi connectivity index (χ2n) is 3.27. The Balaban J connectivity index is 2.65. The maximum atomic E-state index is 11.8. The molecule has 0 spiro atoms. The van der Waals surface area contributed by atoms with E-state index < -0.39 is 10.1 Å². The molecule has 0 heterocycles. The molecule has 1 rings (SSSR count). The van der Waals surface area contributed by atoms with Gasteiger partial charge in [-0.25, -0.2) is 0 Å². The van der Waals surface area contributed by atoms with E-state index in [-0.39, 0.29) is 11.6 Å². The third-order valence-corrected chi connectivity index (χ3v) is 2.94. The lowest BCUT2D eigenvalue weighted by atomic mass is 10.1. The largest absolute Gasteiger partial charge is 0.294 e. The Morgan fingerprint density at radius 2 is 1.73 bits per heavy atom. The van der Waals surface area contributed by atoms with Crippen LogP contribution in [0.2, 0.25) is 0 Å². The maximum Gasteiger partial charge on any atom is 0.294 e. The lowest BCUT2D eigenvalue weighted by Crippen LogP contribution is -1.98. The predicted molar refractivity (Wildman–Crippen MR) is 55.2 cm³/mol. The van der Waals surface area contributed by atoms with E-state index in [1.807, 2.05) is 0 Å². The number of benzene rings is 1. The lowest BCUT2D eigenvalue weighted by molar-refractivity contribution is 0.462. The molecule has 84 valence electrons. The molecule has 0 saturated carbocycles. The highest BCUT2D eigenvalue weighted by molar-refractivity contribution is 7.85. The summed E-state index contributed by atoms with van der Waals surface area (Å²) in [5, 5.41) is 0. The molecule has 1 aromatic carbocycles. The summed E-state index contributed by atoms with van der Waals surface area (Å²) >= 11 is 0. The maximum absolute atomic E-state index is 11.8. The van der Waals surface area contributed by atoms with E-state index in [0.717, 1.165) is 18.4 Å². The number of aryl methyl sites for hydroxylation is 1. The van der Waals surface area contributed by atoms with E-state index >= 15 is 0 Å². The minimum absolute atomic E-state index is 0.114. The summed E-state index contributed by atoms with van der Waals surface area (Å²) in [6.45, 7) is -0.330. The fourth-order valence-electron chi connectivity index (χ4n) is 1.25. The average Bonchev–Trinajstić information content (AvgIpc) is 2.18. The van der Waals surface area contributed by atoms with Gasteiger partial charge in [-0.05, 0) is 37.0 Å². The van der Waals surface area contributed by atoms with Crippen LogP contribution in [0, 0.1) is 0 Å². The van der Waals surface area contributed by atoms with Gasteiger partial charge in [0.2, 0.25) is 0 Å². The zero-order chi connectivity index (χ0) is 11.3. The molecule has 0 fully saturated rings. The van der Waals surface area contributed by atoms with E-state index in [0.29, 0.717) is 6.42 Å². The molecule has 15 heavy (non-hydrogen) atoms. The highest BCUT2D eigenvalue weighted by atomic mass is 32.2. The van der Waals surface area contributed by atoms with E-state index in [1.165, 1.54) is 12.1 Å². The Bertz CT molecular complexity index is 397. The second-order valence-corrected chi connectivity index (χ2v) is 4.69. The molecule has 0 saturated heterocycles. The Hall–Kier alpha value is -0.940. The average molecular weight is 232 g/mol. The molecule has 0 unspecified atom stereocenters. The van der Waals surface area contributed by atoms with Crippen LogP contribution in [0.4, 0.5) is 4.39 Å². The molecule has 1 N–H and O–H groups in total. The van der Waals surface area contributed by atoms with Crippen molar-refractivity contribution < 1.29 is 17.4 Å². The van der Waals surface area contributed by atoms with Crippen molar-refractivity contribution in [1.82, 2.24) is 0 Å². The number of halogens is 1. The molecular formula is C10H13FO3S. The van der Waals surface area contributed by atoms with Crippen LogP contribution < -0.4 is 0 Å². The predicted octanol–water partition coefficient (Wildman–Crippen LogP) is 2.23. The fourth-order valence-corrected chi connectivity index (χ4v) is 1.73. The van der Waals surface area contributed by atoms with Gasteiger partial charge in [0, 0.05) is 0 Å². The topological polar surface area (TPSA) is 54.4 Å². The van der Waals surface area contributed by atoms with Crippen molar-refractivity contribution in [3.05, 3.63) is 29.8 Å². The van der Waals surface area contributed by atoms with Gasteiger partial charge in [0.15, 0.2) is 0 Å². The zero-order valence-electron chi connectivity index (χ0n) is 8.19. The van der Waals surface area contributed by atoms with Crippen LogP contribution in [-0.4, -0.2) is 19.6 Å². The number of unbranched alkanes of at least 4 members (excludes halogenated alkanes) is 1. The molecule has 5 heteroatoms. The first-order chi connectivity index (χ1) is 7.04. The van der Waals surface area contributed by atoms with Crippen LogP contribution in [0.3, 0.4) is 0 Å². The number of alkyl halides is 1. The van der Waals surface area contributed by atoms with Gasteiger partial charge in [-0.15, -0.1) is 0 Å². The summed E-state index contributed by atoms with van der Waals surface area (Å²) in [5.74, 6) is 0. The van der Waals surface area contributed by atoms with Crippen LogP contribution in [-0.2, 0) is 16.5 Å². The number of rotatable bonds is 5. The highest BCUT2D eigenvalue weighted by Gasteiger charge is 2.07. The minimum atomic E-state index is -4.10. The van der Waals surface area contributed by atoms with Crippen LogP contribution in [0.25, 0.3) is 0 Å². The van der Waals surface area contributed by atoms with Crippen molar-refractivity contribution in [3.63, 3.8) is 0 Å². The monoisotopic (exact) mass is 232 g/mol. The Labute approximate surface area is 88.7 Å². The van der Waals surface area contributed by atoms with Crippen molar-refractivity contribution >= 4 is 10.1 Å². The van der Waals surface area contributed by atoms with E-state index in [2.05, 4.69) is 0 Å². The quantitative estimate of drug-likeness (QED) is 0.625. The van der Waals surface area contributed by atoms with Gasteiger partial charge in [0.25, 0.3) is 10.1 Å². The van der Waals surface area contributed by atoms with Crippen LogP contribution in [0.5, 0.6) is 0 Å². The molecule has 0 bridgehead atoms. The molecule has 0 aliphatic rings. The third kappa shape index (κ3) is 3.97. The molecule has 0 atom stereocenters. The molecule has 0 radical (unpaired) electrons. The van der Waals surface area contributed by atoms with Gasteiger partial charge in [-0.3, -0.25) is 8.94 Å². The van der Waals surface area contributed by atoms with Crippen LogP contribution >= 0.6 is 0 Å². The Morgan fingerprint density at radius 3 is 2.20 bits per heavy atom. The molecule has 1 aromatic rings. The van der Waals surface area contributed by atoms with Gasteiger partial charge in [0.1, 0.15) is 0 Å². The van der Waals surface area contributed by atoms with Gasteiger partial charge < -0.3 is 0 Å². The van der Waals surface area contributed by atoms with Crippen LogP contribution in [0.1, 0.15) is 18.4 Å². The first kappa shape index (κ1) is 12.1. The normalized spacial score (nSPS) is 11.6. The summed E-state index contributed by atoms with van der Waals surface area (Å²) in [6.07, 6.45) is 1.97.